The molecule has 2 N–H and O–H groups in total. The average Bonchev–Trinajstić information content (AvgIpc) is 2.80. The zero-order valence-electron chi connectivity index (χ0n) is 12.4. The molecule has 1 aliphatic heterocycles. The first-order valence-corrected chi connectivity index (χ1v) is 7.67. The molecule has 1 fully saturated rings. The predicted molar refractivity (Wildman–Crippen MR) is 80.6 cm³/mol. The van der Waals surface area contributed by atoms with Crippen molar-refractivity contribution in [2.75, 3.05) is 6.54 Å². The minimum atomic E-state index is -0.0556. The van der Waals surface area contributed by atoms with Crippen LogP contribution in [0.3, 0.4) is 0 Å². The Labute approximate surface area is 121 Å². The molecule has 1 saturated heterocycles. The summed E-state index contributed by atoms with van der Waals surface area (Å²) in [5.74, 6) is 0.174. The van der Waals surface area contributed by atoms with E-state index in [9.17, 15) is 4.79 Å². The number of carbonyl (C=O) groups excluding carboxylic acids is 1. The van der Waals surface area contributed by atoms with Crippen LogP contribution in [0.25, 0.3) is 0 Å². The van der Waals surface area contributed by atoms with Gasteiger partial charge in [0.15, 0.2) is 0 Å². The van der Waals surface area contributed by atoms with Crippen LogP contribution in [0.2, 0.25) is 0 Å². The van der Waals surface area contributed by atoms with Gasteiger partial charge in [0.25, 0.3) is 0 Å². The van der Waals surface area contributed by atoms with Crippen molar-refractivity contribution in [2.24, 2.45) is 5.41 Å². The first-order chi connectivity index (χ1) is 9.56. The van der Waals surface area contributed by atoms with Gasteiger partial charge in [-0.05, 0) is 48.8 Å². The average molecular weight is 272 g/mol. The summed E-state index contributed by atoms with van der Waals surface area (Å²) < 4.78 is 0. The topological polar surface area (TPSA) is 41.1 Å². The molecule has 2 aliphatic rings. The van der Waals surface area contributed by atoms with E-state index < -0.39 is 0 Å². The van der Waals surface area contributed by atoms with Crippen LogP contribution in [0.4, 0.5) is 0 Å². The predicted octanol–water partition coefficient (Wildman–Crippen LogP) is 2.05. The number of hydrogen-bond donors (Lipinski definition) is 2. The fourth-order valence-electron chi connectivity index (χ4n) is 3.60. The lowest BCUT2D eigenvalue weighted by molar-refractivity contribution is -0.127. The molecule has 1 heterocycles. The lowest BCUT2D eigenvalue weighted by atomic mass is 9.77. The molecule has 1 aliphatic carbocycles. The molecule has 20 heavy (non-hydrogen) atoms. The molecule has 1 amide bonds. The van der Waals surface area contributed by atoms with E-state index in [-0.39, 0.29) is 23.4 Å². The van der Waals surface area contributed by atoms with Crippen molar-refractivity contribution in [3.63, 3.8) is 0 Å². The van der Waals surface area contributed by atoms with E-state index in [1.807, 2.05) is 0 Å². The highest BCUT2D eigenvalue weighted by atomic mass is 16.2. The maximum absolute atomic E-state index is 12.5. The summed E-state index contributed by atoms with van der Waals surface area (Å²) in [6.45, 7) is 5.33. The number of piperidine rings is 1. The minimum Gasteiger partial charge on any atom is -0.351 e. The molecule has 1 atom stereocenters. The summed E-state index contributed by atoms with van der Waals surface area (Å²) in [6.07, 6.45) is 4.21. The van der Waals surface area contributed by atoms with Crippen LogP contribution in [0.5, 0.6) is 0 Å². The minimum absolute atomic E-state index is 0.0494. The van der Waals surface area contributed by atoms with Crippen molar-refractivity contribution in [3.05, 3.63) is 35.4 Å². The third-order valence-electron chi connectivity index (χ3n) is 4.79. The van der Waals surface area contributed by atoms with Crippen molar-refractivity contribution >= 4 is 5.91 Å². The number of rotatable bonds is 2. The molecule has 0 aromatic heterocycles. The van der Waals surface area contributed by atoms with Crippen molar-refractivity contribution in [3.8, 4) is 0 Å². The third-order valence-corrected chi connectivity index (χ3v) is 4.79. The van der Waals surface area contributed by atoms with E-state index in [0.717, 1.165) is 32.2 Å². The summed E-state index contributed by atoms with van der Waals surface area (Å²) in [4.78, 5) is 12.5. The Kier molecular flexibility index (Phi) is 3.55. The second kappa shape index (κ2) is 5.21. The first-order valence-electron chi connectivity index (χ1n) is 7.67. The second-order valence-electron chi connectivity index (χ2n) is 6.86. The highest BCUT2D eigenvalue weighted by molar-refractivity contribution is 5.83. The molecule has 3 rings (SSSR count). The van der Waals surface area contributed by atoms with E-state index in [0.29, 0.717) is 0 Å². The van der Waals surface area contributed by atoms with Crippen molar-refractivity contribution in [1.29, 1.82) is 0 Å². The van der Waals surface area contributed by atoms with Crippen LogP contribution in [0.1, 0.15) is 37.8 Å². The Hall–Kier alpha value is -1.35. The molecule has 1 unspecified atom stereocenters. The lowest BCUT2D eigenvalue weighted by Gasteiger charge is -2.38. The van der Waals surface area contributed by atoms with Gasteiger partial charge in [-0.1, -0.05) is 38.1 Å². The first kappa shape index (κ1) is 13.6. The van der Waals surface area contributed by atoms with Gasteiger partial charge in [0.2, 0.25) is 5.91 Å². The zero-order chi connectivity index (χ0) is 14.2. The van der Waals surface area contributed by atoms with Crippen molar-refractivity contribution < 1.29 is 4.79 Å². The largest absolute Gasteiger partial charge is 0.351 e. The van der Waals surface area contributed by atoms with Gasteiger partial charge in [0.1, 0.15) is 0 Å². The van der Waals surface area contributed by atoms with Crippen molar-refractivity contribution in [1.82, 2.24) is 10.6 Å². The van der Waals surface area contributed by atoms with E-state index in [1.54, 1.807) is 0 Å². The van der Waals surface area contributed by atoms with Gasteiger partial charge in [-0.3, -0.25) is 4.79 Å². The SMILES string of the molecule is CC1(C)CCCNC1C(=O)NC1Cc2ccccc2C1. The molecule has 0 saturated carbocycles. The molecular weight excluding hydrogens is 248 g/mol. The molecule has 0 radical (unpaired) electrons. The highest BCUT2D eigenvalue weighted by Crippen LogP contribution is 2.30. The van der Waals surface area contributed by atoms with E-state index in [4.69, 9.17) is 0 Å². The maximum Gasteiger partial charge on any atom is 0.237 e. The summed E-state index contributed by atoms with van der Waals surface area (Å²) >= 11 is 0. The van der Waals surface area contributed by atoms with Crippen molar-refractivity contribution in [2.45, 2.75) is 51.6 Å². The number of fused-ring (bicyclic) bond motifs is 1. The molecule has 0 bridgehead atoms. The quantitative estimate of drug-likeness (QED) is 0.865. The molecule has 0 spiro atoms. The van der Waals surface area contributed by atoms with Gasteiger partial charge in [0.05, 0.1) is 6.04 Å². The van der Waals surface area contributed by atoms with Gasteiger partial charge in [-0.25, -0.2) is 0 Å². The standard InChI is InChI=1S/C17H24N2O/c1-17(2)8-5-9-18-15(17)16(20)19-14-10-12-6-3-4-7-13(12)11-14/h3-4,6-7,14-15,18H,5,8-11H2,1-2H3,(H,19,20). The normalized spacial score (nSPS) is 25.2. The van der Waals surface area contributed by atoms with Crippen LogP contribution in [-0.2, 0) is 17.6 Å². The van der Waals surface area contributed by atoms with Gasteiger partial charge >= 0.3 is 0 Å². The van der Waals surface area contributed by atoms with Crippen LogP contribution >= 0.6 is 0 Å². The van der Waals surface area contributed by atoms with Crippen LogP contribution < -0.4 is 10.6 Å². The molecular formula is C17H24N2O. The summed E-state index contributed by atoms with van der Waals surface area (Å²) in [6, 6.07) is 8.71. The molecule has 1 aromatic rings. The molecule has 1 aromatic carbocycles. The van der Waals surface area contributed by atoms with Gasteiger partial charge in [-0.15, -0.1) is 0 Å². The summed E-state index contributed by atoms with van der Waals surface area (Å²) in [5, 5.41) is 6.64. The van der Waals surface area contributed by atoms with Crippen LogP contribution in [-0.4, -0.2) is 24.5 Å². The Balaban J connectivity index is 1.63. The van der Waals surface area contributed by atoms with Gasteiger partial charge < -0.3 is 10.6 Å². The van der Waals surface area contributed by atoms with Gasteiger partial charge in [0, 0.05) is 6.04 Å². The van der Waals surface area contributed by atoms with E-state index >= 15 is 0 Å². The monoisotopic (exact) mass is 272 g/mol. The number of hydrogen-bond acceptors (Lipinski definition) is 2. The third kappa shape index (κ3) is 2.59. The van der Waals surface area contributed by atoms with Crippen LogP contribution in [0.15, 0.2) is 24.3 Å². The summed E-state index contributed by atoms with van der Waals surface area (Å²) in [5.41, 5.74) is 2.82. The number of carbonyl (C=O) groups is 1. The number of nitrogens with one attached hydrogen (secondary N) is 2. The molecule has 3 heteroatoms. The lowest BCUT2D eigenvalue weighted by Crippen LogP contribution is -2.57. The highest BCUT2D eigenvalue weighted by Gasteiger charge is 2.38. The zero-order valence-corrected chi connectivity index (χ0v) is 12.4. The number of benzene rings is 1. The Morgan fingerprint density at radius 1 is 1.25 bits per heavy atom. The van der Waals surface area contributed by atoms with Gasteiger partial charge in [-0.2, -0.15) is 0 Å². The fraction of sp³-hybridized carbons (Fsp3) is 0.588. The smallest absolute Gasteiger partial charge is 0.237 e. The second-order valence-corrected chi connectivity index (χ2v) is 6.86. The van der Waals surface area contributed by atoms with E-state index in [2.05, 4.69) is 48.7 Å². The Morgan fingerprint density at radius 3 is 2.50 bits per heavy atom. The Bertz CT molecular complexity index is 484. The Morgan fingerprint density at radius 2 is 1.90 bits per heavy atom. The fourth-order valence-corrected chi connectivity index (χ4v) is 3.60. The number of amides is 1. The molecule has 108 valence electrons. The maximum atomic E-state index is 12.5. The van der Waals surface area contributed by atoms with Crippen LogP contribution in [0, 0.1) is 5.41 Å². The molecule has 3 nitrogen and oxygen atoms in total. The summed E-state index contributed by atoms with van der Waals surface area (Å²) in [7, 11) is 0. The van der Waals surface area contributed by atoms with E-state index in [1.165, 1.54) is 11.1 Å².